The number of ketones is 1. The van der Waals surface area contributed by atoms with Gasteiger partial charge in [0, 0.05) is 24.9 Å². The Kier molecular flexibility index (Phi) is 6.62. The van der Waals surface area contributed by atoms with Crippen LogP contribution in [-0.2, 0) is 33.3 Å². The molecule has 7 atom stereocenters. The highest BCUT2D eigenvalue weighted by molar-refractivity contribution is 5.91. The summed E-state index contributed by atoms with van der Waals surface area (Å²) in [6, 6.07) is 0. The quantitative estimate of drug-likeness (QED) is 0.413. The molecule has 0 aromatic carbocycles. The third kappa shape index (κ3) is 3.91. The number of rotatable bonds is 5. The molecule has 0 saturated heterocycles. The van der Waals surface area contributed by atoms with E-state index in [1.165, 1.54) is 14.2 Å². The summed E-state index contributed by atoms with van der Waals surface area (Å²) in [5.74, 6) is -3.43. The predicted octanol–water partition coefficient (Wildman–Crippen LogP) is 4.13. The predicted molar refractivity (Wildman–Crippen MR) is 116 cm³/mol. The molecule has 10 heteroatoms. The lowest BCUT2D eigenvalue weighted by Crippen LogP contribution is -2.63. The number of halogens is 3. The van der Waals surface area contributed by atoms with Crippen molar-refractivity contribution in [1.29, 1.82) is 0 Å². The number of ether oxygens (including phenoxy) is 4. The smallest absolute Gasteiger partial charge is 0.467 e. The van der Waals surface area contributed by atoms with Gasteiger partial charge in [-0.3, -0.25) is 4.79 Å². The van der Waals surface area contributed by atoms with Crippen molar-refractivity contribution in [2.75, 3.05) is 21.0 Å². The summed E-state index contributed by atoms with van der Waals surface area (Å²) in [6.45, 7) is 3.62. The molecule has 35 heavy (non-hydrogen) atoms. The first-order chi connectivity index (χ1) is 16.3. The SMILES string of the molecule is COCOC1(C(=O)OC)CC[C@H]2[C@@H]3CCC4=CC(=O)CC[C@]4(C)[C@@H]3C(OC(=O)C(F)(F)F)C[C@@]21C. The molecule has 4 rings (SSSR count). The number of fused-ring (bicyclic) bond motifs is 5. The number of carbonyl (C=O) groups excluding carboxylic acids is 3. The van der Waals surface area contributed by atoms with Gasteiger partial charge in [0.15, 0.2) is 11.4 Å². The number of esters is 2. The fraction of sp³-hybridized carbons (Fsp3) is 0.800. The van der Waals surface area contributed by atoms with Gasteiger partial charge in [-0.25, -0.2) is 9.59 Å². The number of hydrogen-bond acceptors (Lipinski definition) is 7. The van der Waals surface area contributed by atoms with Gasteiger partial charge in [0.1, 0.15) is 12.9 Å². The van der Waals surface area contributed by atoms with Gasteiger partial charge in [0.05, 0.1) is 7.11 Å². The monoisotopic (exact) mass is 502 g/mol. The number of carbonyl (C=O) groups is 3. The van der Waals surface area contributed by atoms with E-state index in [1.54, 1.807) is 6.08 Å². The summed E-state index contributed by atoms with van der Waals surface area (Å²) in [7, 11) is 2.67. The van der Waals surface area contributed by atoms with Crippen LogP contribution in [0.3, 0.4) is 0 Å². The molecular weight excluding hydrogens is 469 g/mol. The van der Waals surface area contributed by atoms with Crippen LogP contribution in [0.2, 0.25) is 0 Å². The molecule has 3 saturated carbocycles. The molecule has 0 aliphatic heterocycles. The fourth-order valence-corrected chi connectivity index (χ4v) is 7.91. The molecule has 0 spiro atoms. The topological polar surface area (TPSA) is 88.1 Å². The van der Waals surface area contributed by atoms with E-state index in [9.17, 15) is 27.6 Å². The standard InChI is InChI=1S/C25H33F3O7/c1-22-9-7-15(29)11-14(22)5-6-16-17-8-10-24(20(30)33-4,34-13-32-3)23(17,2)12-18(19(16)22)35-21(31)25(26,27)28/h11,16-19H,5-10,12-13H2,1-4H3/t16-,17-,18?,19-,22-,23-,24?/m0/s1. The molecule has 0 radical (unpaired) electrons. The van der Waals surface area contributed by atoms with E-state index < -0.39 is 46.6 Å². The van der Waals surface area contributed by atoms with Gasteiger partial charge in [-0.1, -0.05) is 19.4 Å². The van der Waals surface area contributed by atoms with Crippen molar-refractivity contribution in [2.45, 2.75) is 76.7 Å². The molecular formula is C25H33F3O7. The van der Waals surface area contributed by atoms with Crippen LogP contribution in [0.5, 0.6) is 0 Å². The second kappa shape index (κ2) is 8.87. The van der Waals surface area contributed by atoms with Crippen LogP contribution < -0.4 is 0 Å². The van der Waals surface area contributed by atoms with Crippen LogP contribution in [0.25, 0.3) is 0 Å². The van der Waals surface area contributed by atoms with E-state index in [1.807, 2.05) is 13.8 Å². The van der Waals surface area contributed by atoms with Gasteiger partial charge in [-0.15, -0.1) is 0 Å². The van der Waals surface area contributed by atoms with Crippen molar-refractivity contribution in [3.63, 3.8) is 0 Å². The Labute approximate surface area is 202 Å². The zero-order valence-corrected chi connectivity index (χ0v) is 20.5. The van der Waals surface area contributed by atoms with Crippen LogP contribution >= 0.6 is 0 Å². The maximum Gasteiger partial charge on any atom is 0.490 e. The van der Waals surface area contributed by atoms with Gasteiger partial charge in [-0.05, 0) is 61.9 Å². The van der Waals surface area contributed by atoms with Crippen LogP contribution in [0, 0.1) is 28.6 Å². The summed E-state index contributed by atoms with van der Waals surface area (Å²) >= 11 is 0. The molecule has 196 valence electrons. The van der Waals surface area contributed by atoms with Gasteiger partial charge < -0.3 is 18.9 Å². The Bertz CT molecular complexity index is 931. The molecule has 0 aromatic heterocycles. The summed E-state index contributed by atoms with van der Waals surface area (Å²) < 4.78 is 61.4. The molecule has 0 amide bonds. The Morgan fingerprint density at radius 3 is 2.46 bits per heavy atom. The lowest BCUT2D eigenvalue weighted by molar-refractivity contribution is -0.242. The van der Waals surface area contributed by atoms with Crippen LogP contribution in [-0.4, -0.2) is 56.6 Å². The Hall–Kier alpha value is -1.94. The Morgan fingerprint density at radius 2 is 1.83 bits per heavy atom. The fourth-order valence-electron chi connectivity index (χ4n) is 7.91. The Morgan fingerprint density at radius 1 is 1.11 bits per heavy atom. The zero-order valence-electron chi connectivity index (χ0n) is 20.5. The van der Waals surface area contributed by atoms with E-state index in [2.05, 4.69) is 0 Å². The third-order valence-corrected chi connectivity index (χ3v) is 9.42. The Balaban J connectivity index is 1.81. The van der Waals surface area contributed by atoms with Crippen molar-refractivity contribution in [3.8, 4) is 0 Å². The molecule has 0 heterocycles. The van der Waals surface area contributed by atoms with Crippen molar-refractivity contribution in [1.82, 2.24) is 0 Å². The van der Waals surface area contributed by atoms with Crippen molar-refractivity contribution >= 4 is 17.7 Å². The number of allylic oxidation sites excluding steroid dienone is 1. The molecule has 0 aromatic rings. The first-order valence-corrected chi connectivity index (χ1v) is 12.1. The lowest BCUT2D eigenvalue weighted by atomic mass is 9.45. The lowest BCUT2D eigenvalue weighted by Gasteiger charge is -2.61. The third-order valence-electron chi connectivity index (χ3n) is 9.42. The molecule has 0 bridgehead atoms. The van der Waals surface area contributed by atoms with E-state index in [-0.39, 0.29) is 30.8 Å². The minimum Gasteiger partial charge on any atom is -0.467 e. The zero-order chi connectivity index (χ0) is 25.8. The van der Waals surface area contributed by atoms with Crippen LogP contribution in [0.1, 0.15) is 58.8 Å². The minimum atomic E-state index is -5.15. The van der Waals surface area contributed by atoms with Crippen molar-refractivity contribution in [2.24, 2.45) is 28.6 Å². The second-order valence-electron chi connectivity index (χ2n) is 10.9. The maximum absolute atomic E-state index is 13.3. The molecule has 3 fully saturated rings. The summed E-state index contributed by atoms with van der Waals surface area (Å²) in [6.07, 6.45) is -1.62. The van der Waals surface area contributed by atoms with Crippen molar-refractivity contribution < 1.29 is 46.5 Å². The first kappa shape index (κ1) is 26.1. The highest BCUT2D eigenvalue weighted by atomic mass is 19.4. The van der Waals surface area contributed by atoms with E-state index in [4.69, 9.17) is 18.9 Å². The normalized spacial score (nSPS) is 40.8. The van der Waals surface area contributed by atoms with Gasteiger partial charge in [0.2, 0.25) is 0 Å². The number of methoxy groups -OCH3 is 2. The van der Waals surface area contributed by atoms with E-state index in [0.29, 0.717) is 38.5 Å². The summed E-state index contributed by atoms with van der Waals surface area (Å²) in [5.41, 5.74) is -2.04. The molecule has 7 nitrogen and oxygen atoms in total. The molecule has 2 unspecified atom stereocenters. The van der Waals surface area contributed by atoms with Gasteiger partial charge >= 0.3 is 18.1 Å². The number of alkyl halides is 3. The molecule has 0 N–H and O–H groups in total. The number of hydrogen-bond donors (Lipinski definition) is 0. The van der Waals surface area contributed by atoms with Crippen molar-refractivity contribution in [3.05, 3.63) is 11.6 Å². The molecule has 4 aliphatic carbocycles. The van der Waals surface area contributed by atoms with Crippen LogP contribution in [0.4, 0.5) is 13.2 Å². The minimum absolute atomic E-state index is 0.0102. The average Bonchev–Trinajstić information content (AvgIpc) is 3.09. The highest BCUT2D eigenvalue weighted by Crippen LogP contribution is 2.69. The molecule has 4 aliphatic rings. The largest absolute Gasteiger partial charge is 0.490 e. The summed E-state index contributed by atoms with van der Waals surface area (Å²) in [4.78, 5) is 37.4. The van der Waals surface area contributed by atoms with Crippen LogP contribution in [0.15, 0.2) is 11.6 Å². The summed E-state index contributed by atoms with van der Waals surface area (Å²) in [5, 5.41) is 0. The highest BCUT2D eigenvalue weighted by Gasteiger charge is 2.71. The maximum atomic E-state index is 13.3. The van der Waals surface area contributed by atoms with Gasteiger partial charge in [-0.2, -0.15) is 13.2 Å². The van der Waals surface area contributed by atoms with E-state index >= 15 is 0 Å². The van der Waals surface area contributed by atoms with E-state index in [0.717, 1.165) is 5.57 Å². The first-order valence-electron chi connectivity index (χ1n) is 12.1. The second-order valence-corrected chi connectivity index (χ2v) is 10.9. The average molecular weight is 503 g/mol. The van der Waals surface area contributed by atoms with Gasteiger partial charge in [0.25, 0.3) is 0 Å².